The molecule has 7 heteroatoms. The number of hydrogen-bond acceptors (Lipinski definition) is 5. The second-order valence-electron chi connectivity index (χ2n) is 7.07. The summed E-state index contributed by atoms with van der Waals surface area (Å²) in [6.07, 6.45) is 0. The van der Waals surface area contributed by atoms with Gasteiger partial charge in [0.1, 0.15) is 11.6 Å². The predicted molar refractivity (Wildman–Crippen MR) is 101 cm³/mol. The van der Waals surface area contributed by atoms with Crippen LogP contribution < -0.4 is 10.8 Å². The zero-order chi connectivity index (χ0) is 19.6. The second kappa shape index (κ2) is 7.54. The van der Waals surface area contributed by atoms with E-state index in [1.807, 2.05) is 30.3 Å². The maximum atomic E-state index is 12.5. The van der Waals surface area contributed by atoms with Crippen molar-refractivity contribution in [3.8, 4) is 0 Å². The van der Waals surface area contributed by atoms with Crippen molar-refractivity contribution in [3.63, 3.8) is 0 Å². The number of ether oxygens (including phenoxy) is 1. The van der Waals surface area contributed by atoms with Gasteiger partial charge in [-0.05, 0) is 49.5 Å². The second-order valence-corrected chi connectivity index (χ2v) is 7.07. The molecule has 0 radical (unpaired) electrons. The number of benzene rings is 2. The first-order valence-corrected chi connectivity index (χ1v) is 8.79. The molecule has 140 valence electrons. The van der Waals surface area contributed by atoms with Gasteiger partial charge in [-0.25, -0.2) is 4.79 Å². The Morgan fingerprint density at radius 2 is 1.93 bits per heavy atom. The van der Waals surface area contributed by atoms with Crippen LogP contribution >= 0.6 is 0 Å². The fourth-order valence-corrected chi connectivity index (χ4v) is 2.93. The van der Waals surface area contributed by atoms with Crippen LogP contribution in [0, 0.1) is 0 Å². The maximum absolute atomic E-state index is 12.5. The Kier molecular flexibility index (Phi) is 5.35. The van der Waals surface area contributed by atoms with Crippen molar-refractivity contribution in [1.82, 2.24) is 5.32 Å². The number of rotatable bonds is 5. The summed E-state index contributed by atoms with van der Waals surface area (Å²) in [6, 6.07) is 13.5. The van der Waals surface area contributed by atoms with Gasteiger partial charge in [0, 0.05) is 5.56 Å². The van der Waals surface area contributed by atoms with Crippen LogP contribution in [0.25, 0.3) is 0 Å². The number of amides is 1. The molecule has 1 atom stereocenters. The number of carbonyl (C=O) groups is 2. The van der Waals surface area contributed by atoms with Gasteiger partial charge in [0.25, 0.3) is 5.91 Å². The fourth-order valence-electron chi connectivity index (χ4n) is 2.93. The highest BCUT2D eigenvalue weighted by Crippen LogP contribution is 2.24. The summed E-state index contributed by atoms with van der Waals surface area (Å²) in [5.41, 5.74) is 1.82. The quantitative estimate of drug-likeness (QED) is 0.618. The van der Waals surface area contributed by atoms with Gasteiger partial charge < -0.3 is 19.7 Å². The molecule has 0 saturated heterocycles. The van der Waals surface area contributed by atoms with E-state index in [2.05, 4.69) is 5.32 Å². The number of nitrogens with one attached hydrogen (secondary N) is 1. The third-order valence-electron chi connectivity index (χ3n) is 4.60. The van der Waals surface area contributed by atoms with Crippen molar-refractivity contribution < 1.29 is 24.0 Å². The van der Waals surface area contributed by atoms with Crippen molar-refractivity contribution in [2.24, 2.45) is 0 Å². The van der Waals surface area contributed by atoms with Gasteiger partial charge in [-0.2, -0.15) is 0 Å². The van der Waals surface area contributed by atoms with Crippen LogP contribution in [0.4, 0.5) is 0 Å². The van der Waals surface area contributed by atoms with Gasteiger partial charge in [-0.3, -0.25) is 4.79 Å². The van der Waals surface area contributed by atoms with Gasteiger partial charge in [0.05, 0.1) is 6.61 Å². The zero-order valence-electron chi connectivity index (χ0n) is 15.6. The molecule has 2 N–H and O–H groups in total. The summed E-state index contributed by atoms with van der Waals surface area (Å²) in [5.74, 6) is -0.944. The fraction of sp³-hybridized carbons (Fsp3) is 0.300. The van der Waals surface area contributed by atoms with Crippen LogP contribution in [0.2, 0.25) is 0 Å². The van der Waals surface area contributed by atoms with Gasteiger partial charge in [-0.15, -0.1) is 0 Å². The highest BCUT2D eigenvalue weighted by Gasteiger charge is 2.30. The van der Waals surface area contributed by atoms with Crippen LogP contribution in [0.1, 0.15) is 42.3 Å². The summed E-state index contributed by atoms with van der Waals surface area (Å²) in [7, 11) is -1.03. The molecule has 0 fully saturated rings. The minimum atomic E-state index is -1.03. The topological polar surface area (TPSA) is 84.9 Å². The summed E-state index contributed by atoms with van der Waals surface area (Å²) in [4.78, 5) is 24.9. The summed E-state index contributed by atoms with van der Waals surface area (Å²) in [6.45, 7) is 5.50. The standard InChI is InChI=1S/C20H22BNO5/c1-13(19(24)27-20(2,3)16-7-5-4-6-8-16)22-18(23)14-9-10-15-12-26-21(25)17(15)11-14/h4-11,13,25H,12H2,1-3H3,(H,22,23)/t13-/m0/s1. The average Bonchev–Trinajstić information content (AvgIpc) is 3.02. The molecular formula is C20H22BNO5. The van der Waals surface area contributed by atoms with E-state index in [1.165, 1.54) is 0 Å². The molecule has 27 heavy (non-hydrogen) atoms. The van der Waals surface area contributed by atoms with Crippen molar-refractivity contribution in [3.05, 3.63) is 65.2 Å². The van der Waals surface area contributed by atoms with Crippen molar-refractivity contribution in [1.29, 1.82) is 0 Å². The first-order valence-electron chi connectivity index (χ1n) is 8.79. The van der Waals surface area contributed by atoms with E-state index < -0.39 is 30.6 Å². The molecule has 1 aliphatic rings. The Hall–Kier alpha value is -2.64. The summed E-state index contributed by atoms with van der Waals surface area (Å²) in [5, 5.41) is 12.4. The largest absolute Gasteiger partial charge is 0.491 e. The first kappa shape index (κ1) is 19.1. The highest BCUT2D eigenvalue weighted by atomic mass is 16.6. The summed E-state index contributed by atoms with van der Waals surface area (Å²) < 4.78 is 10.7. The van der Waals surface area contributed by atoms with Gasteiger partial charge >= 0.3 is 13.1 Å². The van der Waals surface area contributed by atoms with E-state index >= 15 is 0 Å². The van der Waals surface area contributed by atoms with E-state index in [-0.39, 0.29) is 0 Å². The number of fused-ring (bicyclic) bond motifs is 1. The van der Waals surface area contributed by atoms with Crippen LogP contribution in [0.3, 0.4) is 0 Å². The van der Waals surface area contributed by atoms with Crippen LogP contribution in [0.5, 0.6) is 0 Å². The van der Waals surface area contributed by atoms with Crippen LogP contribution in [-0.4, -0.2) is 30.1 Å². The van der Waals surface area contributed by atoms with Crippen molar-refractivity contribution in [2.45, 2.75) is 39.0 Å². The van der Waals surface area contributed by atoms with Gasteiger partial charge in [0.15, 0.2) is 0 Å². The molecule has 0 spiro atoms. The Labute approximate surface area is 158 Å². The molecule has 1 heterocycles. The first-order chi connectivity index (χ1) is 12.8. The van der Waals surface area contributed by atoms with E-state index in [1.54, 1.807) is 39.0 Å². The third kappa shape index (κ3) is 4.20. The molecule has 2 aromatic rings. The Bertz CT molecular complexity index is 853. The summed E-state index contributed by atoms with van der Waals surface area (Å²) >= 11 is 0. The molecular weight excluding hydrogens is 345 g/mol. The molecule has 3 rings (SSSR count). The minimum Gasteiger partial charge on any atom is -0.453 e. The lowest BCUT2D eigenvalue weighted by Crippen LogP contribution is -2.42. The Morgan fingerprint density at radius 1 is 1.22 bits per heavy atom. The molecule has 1 aliphatic heterocycles. The lowest BCUT2D eigenvalue weighted by molar-refractivity contribution is -0.159. The minimum absolute atomic E-state index is 0.315. The number of hydrogen-bond donors (Lipinski definition) is 2. The molecule has 0 aromatic heterocycles. The predicted octanol–water partition coefficient (Wildman–Crippen LogP) is 1.50. The van der Waals surface area contributed by atoms with Crippen LogP contribution in [-0.2, 0) is 26.4 Å². The molecule has 0 aliphatic carbocycles. The van der Waals surface area contributed by atoms with Crippen molar-refractivity contribution in [2.75, 3.05) is 0 Å². The lowest BCUT2D eigenvalue weighted by Gasteiger charge is -2.27. The van der Waals surface area contributed by atoms with E-state index in [0.29, 0.717) is 17.6 Å². The lowest BCUT2D eigenvalue weighted by atomic mass is 9.79. The molecule has 0 saturated carbocycles. The normalized spacial score (nSPS) is 14.4. The van der Waals surface area contributed by atoms with E-state index in [9.17, 15) is 14.6 Å². The van der Waals surface area contributed by atoms with Crippen molar-refractivity contribution >= 4 is 24.5 Å². The zero-order valence-corrected chi connectivity index (χ0v) is 15.6. The Balaban J connectivity index is 1.64. The number of esters is 1. The van der Waals surface area contributed by atoms with Gasteiger partial charge in [0.2, 0.25) is 0 Å². The maximum Gasteiger partial charge on any atom is 0.491 e. The molecule has 6 nitrogen and oxygen atoms in total. The third-order valence-corrected chi connectivity index (χ3v) is 4.60. The van der Waals surface area contributed by atoms with Crippen LogP contribution in [0.15, 0.2) is 48.5 Å². The Morgan fingerprint density at radius 3 is 2.63 bits per heavy atom. The highest BCUT2D eigenvalue weighted by molar-refractivity contribution is 6.61. The molecule has 1 amide bonds. The molecule has 2 aromatic carbocycles. The average molecular weight is 367 g/mol. The molecule has 0 unspecified atom stereocenters. The number of carbonyl (C=O) groups excluding carboxylic acids is 2. The van der Waals surface area contributed by atoms with E-state index in [0.717, 1.165) is 11.1 Å². The molecule has 0 bridgehead atoms. The van der Waals surface area contributed by atoms with E-state index in [4.69, 9.17) is 9.39 Å². The SMILES string of the molecule is C[C@H](NC(=O)c1ccc2c(c1)B(O)OC2)C(=O)OC(C)(C)c1ccccc1. The van der Waals surface area contributed by atoms with Gasteiger partial charge in [-0.1, -0.05) is 36.4 Å². The monoisotopic (exact) mass is 367 g/mol. The smallest absolute Gasteiger partial charge is 0.453 e.